The van der Waals surface area contributed by atoms with Crippen molar-refractivity contribution in [2.24, 2.45) is 5.92 Å². The summed E-state index contributed by atoms with van der Waals surface area (Å²) in [7, 11) is 0. The van der Waals surface area contributed by atoms with Crippen LogP contribution in [0, 0.1) is 5.92 Å². The van der Waals surface area contributed by atoms with Crippen molar-refractivity contribution in [2.45, 2.75) is 45.4 Å². The maximum absolute atomic E-state index is 2.33. The van der Waals surface area contributed by atoms with Crippen molar-refractivity contribution in [1.82, 2.24) is 0 Å². The average molecular weight is 208 g/mol. The number of allylic oxidation sites excluding steroid dienone is 4. The lowest BCUT2D eigenvalue weighted by Gasteiger charge is -2.13. The smallest absolute Gasteiger partial charge is 0.000516 e. The molecular formula is C13H20S. The zero-order valence-corrected chi connectivity index (χ0v) is 9.91. The molecule has 1 saturated carbocycles. The molecule has 0 aromatic rings. The largest absolute Gasteiger partial charge is 0.130 e. The van der Waals surface area contributed by atoms with Gasteiger partial charge in [-0.3, -0.25) is 0 Å². The van der Waals surface area contributed by atoms with E-state index >= 15 is 0 Å². The molecule has 0 N–H and O–H groups in total. The summed E-state index contributed by atoms with van der Waals surface area (Å²) in [5.41, 5.74) is 1.54. The molecule has 1 fully saturated rings. The first kappa shape index (κ1) is 10.4. The van der Waals surface area contributed by atoms with Crippen molar-refractivity contribution in [1.29, 1.82) is 0 Å². The van der Waals surface area contributed by atoms with Crippen LogP contribution >= 0.6 is 11.8 Å². The van der Waals surface area contributed by atoms with Gasteiger partial charge in [-0.15, -0.1) is 11.8 Å². The zero-order valence-electron chi connectivity index (χ0n) is 9.09. The van der Waals surface area contributed by atoms with E-state index in [1.165, 1.54) is 49.9 Å². The van der Waals surface area contributed by atoms with Gasteiger partial charge >= 0.3 is 0 Å². The van der Waals surface area contributed by atoms with Crippen molar-refractivity contribution in [3.63, 3.8) is 0 Å². The third kappa shape index (κ3) is 2.91. The summed E-state index contributed by atoms with van der Waals surface area (Å²) in [5, 5.41) is 0. The predicted molar refractivity (Wildman–Crippen MR) is 65.5 cm³/mol. The lowest BCUT2D eigenvalue weighted by Crippen LogP contribution is -1.98. The highest BCUT2D eigenvalue weighted by Gasteiger charge is 2.15. The van der Waals surface area contributed by atoms with Gasteiger partial charge in [0.2, 0.25) is 0 Å². The Morgan fingerprint density at radius 1 is 1.21 bits per heavy atom. The fourth-order valence-corrected chi connectivity index (χ4v) is 3.44. The lowest BCUT2D eigenvalue weighted by atomic mass is 10.1. The summed E-state index contributed by atoms with van der Waals surface area (Å²) in [5.74, 6) is 2.39. The van der Waals surface area contributed by atoms with Crippen molar-refractivity contribution >= 4 is 11.8 Å². The first-order chi connectivity index (χ1) is 6.84. The molecule has 0 nitrogen and oxygen atoms in total. The van der Waals surface area contributed by atoms with Gasteiger partial charge in [0.1, 0.15) is 0 Å². The highest BCUT2D eigenvalue weighted by atomic mass is 32.2. The van der Waals surface area contributed by atoms with Gasteiger partial charge in [-0.1, -0.05) is 30.6 Å². The predicted octanol–water partition coefficient (Wildman–Crippen LogP) is 4.53. The molecule has 0 heterocycles. The average Bonchev–Trinajstić information content (AvgIpc) is 2.70. The van der Waals surface area contributed by atoms with E-state index in [2.05, 4.69) is 30.8 Å². The van der Waals surface area contributed by atoms with Crippen LogP contribution in [0.1, 0.15) is 45.4 Å². The first-order valence-corrected chi connectivity index (χ1v) is 6.82. The monoisotopic (exact) mass is 208 g/mol. The quantitative estimate of drug-likeness (QED) is 0.656. The highest BCUT2D eigenvalue weighted by Crippen LogP contribution is 2.33. The molecule has 0 aromatic carbocycles. The SMILES string of the molecule is CC1=CC=C(SCC2CCCC2)CC1. The Balaban J connectivity index is 1.75. The minimum absolute atomic E-state index is 1.02. The summed E-state index contributed by atoms with van der Waals surface area (Å²) in [6.07, 6.45) is 13.1. The molecule has 1 heteroatoms. The summed E-state index contributed by atoms with van der Waals surface area (Å²) in [4.78, 5) is 1.61. The topological polar surface area (TPSA) is 0 Å². The van der Waals surface area contributed by atoms with E-state index in [-0.39, 0.29) is 0 Å². The number of rotatable bonds is 3. The van der Waals surface area contributed by atoms with E-state index in [1.807, 2.05) is 0 Å². The van der Waals surface area contributed by atoms with Crippen molar-refractivity contribution < 1.29 is 0 Å². The van der Waals surface area contributed by atoms with Gasteiger partial charge in [0, 0.05) is 5.75 Å². The molecule has 0 aromatic heterocycles. The summed E-state index contributed by atoms with van der Waals surface area (Å²) in [6, 6.07) is 0. The molecule has 0 spiro atoms. The van der Waals surface area contributed by atoms with Crippen LogP contribution in [0.15, 0.2) is 22.6 Å². The fourth-order valence-electron chi connectivity index (χ4n) is 2.24. The molecular weight excluding hydrogens is 188 g/mol. The van der Waals surface area contributed by atoms with Gasteiger partial charge in [-0.2, -0.15) is 0 Å². The van der Waals surface area contributed by atoms with Gasteiger partial charge in [0.15, 0.2) is 0 Å². The molecule has 78 valence electrons. The number of hydrogen-bond donors (Lipinski definition) is 0. The molecule has 2 aliphatic rings. The maximum atomic E-state index is 2.33. The minimum Gasteiger partial charge on any atom is -0.130 e. The molecule has 0 amide bonds. The first-order valence-electron chi connectivity index (χ1n) is 5.84. The van der Waals surface area contributed by atoms with Crippen molar-refractivity contribution in [2.75, 3.05) is 5.75 Å². The van der Waals surface area contributed by atoms with Crippen LogP contribution in [0.4, 0.5) is 0 Å². The van der Waals surface area contributed by atoms with Crippen molar-refractivity contribution in [3.05, 3.63) is 22.6 Å². The molecule has 2 aliphatic carbocycles. The van der Waals surface area contributed by atoms with Gasteiger partial charge in [-0.25, -0.2) is 0 Å². The Labute approximate surface area is 91.9 Å². The molecule has 0 saturated heterocycles. The van der Waals surface area contributed by atoms with E-state index in [0.717, 1.165) is 5.92 Å². The Bertz CT molecular complexity index is 244. The number of thioether (sulfide) groups is 1. The minimum atomic E-state index is 1.02. The van der Waals surface area contributed by atoms with Crippen LogP contribution in [0.2, 0.25) is 0 Å². The van der Waals surface area contributed by atoms with Crippen LogP contribution < -0.4 is 0 Å². The second kappa shape index (κ2) is 5.06. The molecule has 14 heavy (non-hydrogen) atoms. The van der Waals surface area contributed by atoms with Crippen LogP contribution in [-0.4, -0.2) is 5.75 Å². The molecule has 0 radical (unpaired) electrons. The Kier molecular flexibility index (Phi) is 3.74. The zero-order chi connectivity index (χ0) is 9.80. The maximum Gasteiger partial charge on any atom is 0.000516 e. The highest BCUT2D eigenvalue weighted by molar-refractivity contribution is 8.03. The summed E-state index contributed by atoms with van der Waals surface area (Å²) >= 11 is 2.11. The second-order valence-corrected chi connectivity index (χ2v) is 5.75. The molecule has 0 atom stereocenters. The molecule has 0 unspecified atom stereocenters. The summed E-state index contributed by atoms with van der Waals surface area (Å²) in [6.45, 7) is 2.23. The molecule has 0 aliphatic heterocycles. The normalized spacial score (nSPS) is 23.5. The van der Waals surface area contributed by atoms with E-state index in [4.69, 9.17) is 0 Å². The van der Waals surface area contributed by atoms with Crippen LogP contribution in [0.3, 0.4) is 0 Å². The Hall–Kier alpha value is -0.170. The van der Waals surface area contributed by atoms with Gasteiger partial charge in [0.05, 0.1) is 0 Å². The van der Waals surface area contributed by atoms with Gasteiger partial charge in [0.25, 0.3) is 0 Å². The molecule has 0 bridgehead atoms. The Morgan fingerprint density at radius 2 is 2.00 bits per heavy atom. The van der Waals surface area contributed by atoms with E-state index in [0.29, 0.717) is 0 Å². The third-order valence-corrected chi connectivity index (χ3v) is 4.65. The van der Waals surface area contributed by atoms with Crippen LogP contribution in [0.25, 0.3) is 0 Å². The van der Waals surface area contributed by atoms with Crippen LogP contribution in [-0.2, 0) is 0 Å². The van der Waals surface area contributed by atoms with E-state index < -0.39 is 0 Å². The van der Waals surface area contributed by atoms with Gasteiger partial charge in [-0.05, 0) is 43.4 Å². The number of hydrogen-bond acceptors (Lipinski definition) is 1. The second-order valence-electron chi connectivity index (χ2n) is 4.61. The fraction of sp³-hybridized carbons (Fsp3) is 0.692. The van der Waals surface area contributed by atoms with Crippen LogP contribution in [0.5, 0.6) is 0 Å². The lowest BCUT2D eigenvalue weighted by molar-refractivity contribution is 0.623. The van der Waals surface area contributed by atoms with Crippen molar-refractivity contribution in [3.8, 4) is 0 Å². The van der Waals surface area contributed by atoms with E-state index in [9.17, 15) is 0 Å². The summed E-state index contributed by atoms with van der Waals surface area (Å²) < 4.78 is 0. The Morgan fingerprint density at radius 3 is 2.64 bits per heavy atom. The molecule has 2 rings (SSSR count). The third-order valence-electron chi connectivity index (χ3n) is 3.30. The standard InChI is InChI=1S/C13H20S/c1-11-6-8-13(9-7-11)14-10-12-4-2-3-5-12/h6,8,12H,2-5,7,9-10H2,1H3. The van der Waals surface area contributed by atoms with E-state index in [1.54, 1.807) is 4.91 Å². The van der Waals surface area contributed by atoms with Gasteiger partial charge < -0.3 is 0 Å².